The van der Waals surface area contributed by atoms with Gasteiger partial charge in [-0.1, -0.05) is 69.6 Å². The molecule has 0 spiro atoms. The first-order chi connectivity index (χ1) is 12.1. The summed E-state index contributed by atoms with van der Waals surface area (Å²) in [6, 6.07) is 2.95. The highest BCUT2D eigenvalue weighted by Crippen LogP contribution is 2.48. The van der Waals surface area contributed by atoms with E-state index < -0.39 is 7.59 Å². The van der Waals surface area contributed by atoms with Gasteiger partial charge < -0.3 is 9.84 Å². The van der Waals surface area contributed by atoms with Gasteiger partial charge >= 0.3 is 0 Å². The van der Waals surface area contributed by atoms with Crippen molar-refractivity contribution in [1.29, 1.82) is 0 Å². The number of aromatic nitrogens is 3. The second-order valence-corrected chi connectivity index (χ2v) is 9.40. The molecule has 0 aliphatic carbocycles. The lowest BCUT2D eigenvalue weighted by Crippen LogP contribution is -2.12. The predicted molar refractivity (Wildman–Crippen MR) is 106 cm³/mol. The Bertz CT molecular complexity index is 775. The number of ether oxygens (including phenoxy) is 1. The Labute approximate surface area is 179 Å². The minimum absolute atomic E-state index is 0.00476. The van der Waals surface area contributed by atoms with Gasteiger partial charge in [0, 0.05) is 16.7 Å². The van der Waals surface area contributed by atoms with Crippen molar-refractivity contribution in [3.8, 4) is 5.75 Å². The molecule has 1 N–H and O–H groups in total. The molecule has 1 aromatic heterocycles. The molecule has 0 fully saturated rings. The lowest BCUT2D eigenvalue weighted by molar-refractivity contribution is 0.201. The van der Waals surface area contributed by atoms with Crippen molar-refractivity contribution in [2.24, 2.45) is 0 Å². The third-order valence-electron chi connectivity index (χ3n) is 3.04. The van der Waals surface area contributed by atoms with Gasteiger partial charge in [-0.05, 0) is 24.3 Å². The molecule has 1 aromatic carbocycles. The Morgan fingerprint density at radius 3 is 2.15 bits per heavy atom. The van der Waals surface area contributed by atoms with E-state index in [2.05, 4.69) is 15.0 Å². The van der Waals surface area contributed by atoms with Crippen molar-refractivity contribution in [3.63, 3.8) is 0 Å². The van der Waals surface area contributed by atoms with Crippen LogP contribution in [0.25, 0.3) is 12.2 Å². The first-order valence-electron chi connectivity index (χ1n) is 6.99. The molecule has 140 valence electrons. The molecule has 5 nitrogen and oxygen atoms in total. The molecule has 2 rings (SSSR count). The van der Waals surface area contributed by atoms with Gasteiger partial charge in [-0.25, -0.2) is 15.0 Å². The Hall–Kier alpha value is -0.530. The van der Waals surface area contributed by atoms with E-state index in [0.29, 0.717) is 11.4 Å². The molecule has 11 heteroatoms. The molecule has 0 atom stereocenters. The molecule has 0 bridgehead atoms. The quantitative estimate of drug-likeness (QED) is 0.609. The van der Waals surface area contributed by atoms with Crippen LogP contribution in [0, 0.1) is 0 Å². The summed E-state index contributed by atoms with van der Waals surface area (Å²) in [7, 11) is 0. The van der Waals surface area contributed by atoms with Gasteiger partial charge in [-0.3, -0.25) is 0 Å². The van der Waals surface area contributed by atoms with Crippen molar-refractivity contribution < 1.29 is 9.84 Å². The van der Waals surface area contributed by atoms with E-state index in [1.165, 1.54) is 24.8 Å². The van der Waals surface area contributed by atoms with E-state index in [0.717, 1.165) is 0 Å². The van der Waals surface area contributed by atoms with E-state index >= 15 is 0 Å². The van der Waals surface area contributed by atoms with Crippen LogP contribution in [0.2, 0.25) is 0 Å². The minimum atomic E-state index is -1.83. The van der Waals surface area contributed by atoms with E-state index in [4.69, 9.17) is 79.4 Å². The van der Waals surface area contributed by atoms with Gasteiger partial charge in [0.15, 0.2) is 5.82 Å². The predicted octanol–water partition coefficient (Wildman–Crippen LogP) is 5.07. The van der Waals surface area contributed by atoms with E-state index in [9.17, 15) is 0 Å². The summed E-state index contributed by atoms with van der Waals surface area (Å²) in [5, 5.41) is 9.06. The minimum Gasteiger partial charge on any atom is -0.491 e. The summed E-state index contributed by atoms with van der Waals surface area (Å²) in [4.78, 5) is 11.7. The fourth-order valence-corrected chi connectivity index (χ4v) is 2.76. The summed E-state index contributed by atoms with van der Waals surface area (Å²) in [6.07, 6.45) is 5.87. The third-order valence-corrected chi connectivity index (χ3v) is 4.30. The van der Waals surface area contributed by atoms with E-state index in [1.54, 1.807) is 12.2 Å². The number of nitrogens with zero attached hydrogens (tertiary/aromatic N) is 3. The Kier molecular flexibility index (Phi) is 7.62. The maximum atomic E-state index is 9.06. The van der Waals surface area contributed by atoms with Crippen LogP contribution in [0.4, 0.5) is 0 Å². The number of hydrogen-bond donors (Lipinski definition) is 1. The summed E-state index contributed by atoms with van der Waals surface area (Å²) < 4.78 is 1.94. The van der Waals surface area contributed by atoms with Crippen molar-refractivity contribution in [2.45, 2.75) is 7.59 Å². The number of rotatable bonds is 5. The van der Waals surface area contributed by atoms with Crippen molar-refractivity contribution in [2.75, 3.05) is 13.2 Å². The van der Waals surface area contributed by atoms with Crippen molar-refractivity contribution in [3.05, 3.63) is 47.3 Å². The molecule has 26 heavy (non-hydrogen) atoms. The molecule has 0 saturated carbocycles. The average molecular weight is 478 g/mol. The smallest absolute Gasteiger partial charge is 0.216 e. The van der Waals surface area contributed by atoms with Gasteiger partial charge in [-0.15, -0.1) is 0 Å². The average Bonchev–Trinajstić information content (AvgIpc) is 2.57. The largest absolute Gasteiger partial charge is 0.491 e. The summed E-state index contributed by atoms with van der Waals surface area (Å²) >= 11 is 36.2. The van der Waals surface area contributed by atoms with Crippen LogP contribution in [0.3, 0.4) is 0 Å². The fraction of sp³-hybridized carbons (Fsp3) is 0.267. The maximum Gasteiger partial charge on any atom is 0.216 e. The molecule has 0 aliphatic rings. The summed E-state index contributed by atoms with van der Waals surface area (Å²) in [5.74, 6) is 0.642. The first-order valence-corrected chi connectivity index (χ1v) is 9.26. The lowest BCUT2D eigenvalue weighted by Gasteiger charge is -2.22. The zero-order chi connectivity index (χ0) is 19.4. The van der Waals surface area contributed by atoms with Crippen LogP contribution >= 0.6 is 69.6 Å². The van der Waals surface area contributed by atoms with Crippen molar-refractivity contribution >= 4 is 81.8 Å². The Morgan fingerprint density at radius 1 is 0.962 bits per heavy atom. The molecule has 0 amide bonds. The van der Waals surface area contributed by atoms with Gasteiger partial charge in [0.05, 0.1) is 6.61 Å². The zero-order valence-corrected chi connectivity index (χ0v) is 17.4. The molecule has 0 radical (unpaired) electrons. The molecule has 0 unspecified atom stereocenters. The van der Waals surface area contributed by atoms with Gasteiger partial charge in [0.25, 0.3) is 0 Å². The highest BCUT2D eigenvalue weighted by Gasteiger charge is 2.32. The SMILES string of the molecule is OCCOc1cc(C(Cl)(Cl)Cl)cc(C(Cl)(Cl)Cl)c1C=Cc1ncncn1. The van der Waals surface area contributed by atoms with Gasteiger partial charge in [0.1, 0.15) is 25.0 Å². The molecule has 0 saturated heterocycles. The van der Waals surface area contributed by atoms with Crippen LogP contribution < -0.4 is 4.74 Å². The summed E-state index contributed by atoms with van der Waals surface area (Å²) in [6.45, 7) is -0.229. The van der Waals surface area contributed by atoms with Crippen molar-refractivity contribution in [1.82, 2.24) is 15.0 Å². The van der Waals surface area contributed by atoms with Gasteiger partial charge in [-0.2, -0.15) is 0 Å². The second-order valence-electron chi connectivity index (χ2n) is 4.83. The summed E-state index contributed by atoms with van der Waals surface area (Å²) in [5.41, 5.74) is 0.885. The third kappa shape index (κ3) is 5.99. The number of alkyl halides is 6. The molecular formula is C15H11Cl6N3O2. The zero-order valence-electron chi connectivity index (χ0n) is 12.8. The number of aliphatic hydroxyl groups is 1. The molecule has 2 aromatic rings. The van der Waals surface area contributed by atoms with Crippen LogP contribution in [0.15, 0.2) is 24.8 Å². The number of benzene rings is 1. The fourth-order valence-electron chi connectivity index (χ4n) is 1.96. The highest BCUT2D eigenvalue weighted by atomic mass is 35.6. The standard InChI is InChI=1S/C15H11Cl6N3O2/c16-14(17,18)9-5-11(15(19,20)21)10(12(6-9)26-4-3-25)1-2-13-23-7-22-8-24-13/h1-2,5-8,25H,3-4H2. The Balaban J connectivity index is 2.63. The van der Waals surface area contributed by atoms with E-state index in [1.807, 2.05) is 0 Å². The van der Waals surface area contributed by atoms with Gasteiger partial charge in [0.2, 0.25) is 7.59 Å². The lowest BCUT2D eigenvalue weighted by atomic mass is 10.0. The highest BCUT2D eigenvalue weighted by molar-refractivity contribution is 6.67. The second kappa shape index (κ2) is 9.11. The van der Waals surface area contributed by atoms with Crippen LogP contribution in [-0.4, -0.2) is 33.3 Å². The normalized spacial score (nSPS) is 12.6. The topological polar surface area (TPSA) is 68.1 Å². The van der Waals surface area contributed by atoms with E-state index in [-0.39, 0.29) is 30.1 Å². The maximum absolute atomic E-state index is 9.06. The Morgan fingerprint density at radius 2 is 1.62 bits per heavy atom. The molecular weight excluding hydrogens is 467 g/mol. The first kappa shape index (κ1) is 21.8. The monoisotopic (exact) mass is 475 g/mol. The number of halogens is 6. The van der Waals surface area contributed by atoms with Crippen LogP contribution in [0.5, 0.6) is 5.75 Å². The molecule has 0 aliphatic heterocycles. The van der Waals surface area contributed by atoms with Crippen LogP contribution in [0.1, 0.15) is 22.5 Å². The number of hydrogen-bond acceptors (Lipinski definition) is 5. The number of aliphatic hydroxyl groups excluding tert-OH is 1. The van der Waals surface area contributed by atoms with Crippen LogP contribution in [-0.2, 0) is 7.59 Å². The molecule has 1 heterocycles.